The van der Waals surface area contributed by atoms with Crippen molar-refractivity contribution in [1.29, 1.82) is 0 Å². The van der Waals surface area contributed by atoms with E-state index < -0.39 is 0 Å². The monoisotopic (exact) mass is 370 g/mol. The summed E-state index contributed by atoms with van der Waals surface area (Å²) in [6.45, 7) is 12.2. The Bertz CT molecular complexity index is 832. The maximum atomic E-state index is 12.9. The zero-order valence-electron chi connectivity index (χ0n) is 16.8. The first kappa shape index (κ1) is 19.4. The molecule has 0 aliphatic carbocycles. The number of fused-ring (bicyclic) bond motifs is 1. The number of amides is 2. The van der Waals surface area contributed by atoms with Crippen molar-refractivity contribution in [2.75, 3.05) is 39.3 Å². The highest BCUT2D eigenvalue weighted by Gasteiger charge is 2.23. The molecule has 3 rings (SSSR count). The fraction of sp³-hybridized carbons (Fsp3) is 0.524. The summed E-state index contributed by atoms with van der Waals surface area (Å²) < 4.78 is 0. The molecule has 0 atom stereocenters. The molecule has 0 radical (unpaired) electrons. The molecule has 146 valence electrons. The molecule has 0 bridgehead atoms. The van der Waals surface area contributed by atoms with Crippen LogP contribution in [0.2, 0.25) is 0 Å². The van der Waals surface area contributed by atoms with Crippen LogP contribution in [0.1, 0.15) is 35.5 Å². The highest BCUT2D eigenvalue weighted by atomic mass is 16.2. The van der Waals surface area contributed by atoms with Crippen LogP contribution in [0.5, 0.6) is 0 Å². The molecule has 1 aliphatic rings. The Balaban J connectivity index is 1.57. The van der Waals surface area contributed by atoms with Gasteiger partial charge >= 0.3 is 0 Å². The number of nitrogens with one attached hydrogen (secondary N) is 2. The van der Waals surface area contributed by atoms with Gasteiger partial charge in [0.15, 0.2) is 0 Å². The van der Waals surface area contributed by atoms with E-state index in [1.54, 1.807) is 0 Å². The van der Waals surface area contributed by atoms with E-state index in [1.807, 2.05) is 30.0 Å². The second kappa shape index (κ2) is 8.13. The van der Waals surface area contributed by atoms with Crippen LogP contribution in [-0.4, -0.2) is 65.9 Å². The SMILES string of the molecule is Cc1[nH]c2ccc(C(=O)N3CCN(CC(=O)NCC(C)C)CC3)cc2c1C. The van der Waals surface area contributed by atoms with Gasteiger partial charge < -0.3 is 15.2 Å². The highest BCUT2D eigenvalue weighted by molar-refractivity contribution is 5.99. The average Bonchev–Trinajstić information content (AvgIpc) is 2.94. The number of hydrogen-bond acceptors (Lipinski definition) is 3. The first-order chi connectivity index (χ1) is 12.8. The third-order valence-corrected chi connectivity index (χ3v) is 5.29. The van der Waals surface area contributed by atoms with Gasteiger partial charge in [0.2, 0.25) is 5.91 Å². The summed E-state index contributed by atoms with van der Waals surface area (Å²) in [4.78, 5) is 32.2. The number of aromatic nitrogens is 1. The van der Waals surface area contributed by atoms with Crippen LogP contribution in [0.15, 0.2) is 18.2 Å². The van der Waals surface area contributed by atoms with E-state index >= 15 is 0 Å². The molecule has 1 saturated heterocycles. The van der Waals surface area contributed by atoms with Crippen LogP contribution in [0.3, 0.4) is 0 Å². The predicted molar refractivity (Wildman–Crippen MR) is 108 cm³/mol. The van der Waals surface area contributed by atoms with Crippen LogP contribution in [0, 0.1) is 19.8 Å². The summed E-state index contributed by atoms with van der Waals surface area (Å²) in [5, 5.41) is 4.06. The van der Waals surface area contributed by atoms with Crippen molar-refractivity contribution >= 4 is 22.7 Å². The Morgan fingerprint density at radius 2 is 1.85 bits per heavy atom. The van der Waals surface area contributed by atoms with E-state index in [-0.39, 0.29) is 11.8 Å². The van der Waals surface area contributed by atoms with Gasteiger partial charge in [-0.2, -0.15) is 0 Å². The van der Waals surface area contributed by atoms with Crippen molar-refractivity contribution in [1.82, 2.24) is 20.1 Å². The molecule has 1 aliphatic heterocycles. The van der Waals surface area contributed by atoms with Gasteiger partial charge in [-0.15, -0.1) is 0 Å². The van der Waals surface area contributed by atoms with Crippen molar-refractivity contribution in [3.63, 3.8) is 0 Å². The number of H-pyrrole nitrogens is 1. The Hall–Kier alpha value is -2.34. The number of carbonyl (C=O) groups excluding carboxylic acids is 2. The minimum atomic E-state index is 0.0623. The van der Waals surface area contributed by atoms with Crippen LogP contribution < -0.4 is 5.32 Å². The van der Waals surface area contributed by atoms with E-state index in [0.717, 1.165) is 35.2 Å². The molecule has 2 aromatic rings. The first-order valence-electron chi connectivity index (χ1n) is 9.72. The normalized spacial score (nSPS) is 15.5. The van der Waals surface area contributed by atoms with Crippen molar-refractivity contribution in [3.8, 4) is 0 Å². The molecule has 0 saturated carbocycles. The molecule has 0 unspecified atom stereocenters. The van der Waals surface area contributed by atoms with Crippen LogP contribution >= 0.6 is 0 Å². The maximum absolute atomic E-state index is 12.9. The second-order valence-electron chi connectivity index (χ2n) is 7.90. The van der Waals surface area contributed by atoms with E-state index in [1.165, 1.54) is 5.56 Å². The zero-order valence-corrected chi connectivity index (χ0v) is 16.8. The quantitative estimate of drug-likeness (QED) is 0.849. The van der Waals surface area contributed by atoms with Crippen molar-refractivity contribution in [3.05, 3.63) is 35.0 Å². The van der Waals surface area contributed by atoms with E-state index in [4.69, 9.17) is 0 Å². The molecule has 6 heteroatoms. The van der Waals surface area contributed by atoms with Gasteiger partial charge in [0.25, 0.3) is 5.91 Å². The van der Waals surface area contributed by atoms with Gasteiger partial charge in [0, 0.05) is 54.9 Å². The number of benzene rings is 1. The van der Waals surface area contributed by atoms with Gasteiger partial charge in [0.05, 0.1) is 6.54 Å². The molecule has 0 spiro atoms. The summed E-state index contributed by atoms with van der Waals surface area (Å²) in [7, 11) is 0. The Kier molecular flexibility index (Phi) is 5.85. The lowest BCUT2D eigenvalue weighted by molar-refractivity contribution is -0.122. The summed E-state index contributed by atoms with van der Waals surface area (Å²) in [5.41, 5.74) is 4.13. The predicted octanol–water partition coefficient (Wildman–Crippen LogP) is 2.31. The van der Waals surface area contributed by atoms with Crippen LogP contribution in [0.25, 0.3) is 10.9 Å². The van der Waals surface area contributed by atoms with Gasteiger partial charge in [-0.05, 0) is 43.5 Å². The summed E-state index contributed by atoms with van der Waals surface area (Å²) in [5.74, 6) is 0.583. The van der Waals surface area contributed by atoms with Crippen LogP contribution in [0.4, 0.5) is 0 Å². The summed E-state index contributed by atoms with van der Waals surface area (Å²) >= 11 is 0. The standard InChI is InChI=1S/C21H30N4O2/c1-14(2)12-22-20(26)13-24-7-9-25(10-8-24)21(27)17-5-6-19-18(11-17)15(3)16(4)23-19/h5-6,11,14,23H,7-10,12-13H2,1-4H3,(H,22,26). The van der Waals surface area contributed by atoms with E-state index in [2.05, 4.69) is 36.0 Å². The fourth-order valence-electron chi connectivity index (χ4n) is 3.46. The maximum Gasteiger partial charge on any atom is 0.253 e. The molecule has 1 fully saturated rings. The molecule has 1 aromatic carbocycles. The molecule has 1 aromatic heterocycles. The lowest BCUT2D eigenvalue weighted by atomic mass is 10.1. The Morgan fingerprint density at radius 1 is 1.15 bits per heavy atom. The Labute approximate surface area is 160 Å². The van der Waals surface area contributed by atoms with Crippen molar-refractivity contribution in [2.45, 2.75) is 27.7 Å². The Morgan fingerprint density at radius 3 is 2.52 bits per heavy atom. The molecule has 2 N–H and O–H groups in total. The minimum Gasteiger partial charge on any atom is -0.358 e. The van der Waals surface area contributed by atoms with Crippen molar-refractivity contribution < 1.29 is 9.59 Å². The molecule has 27 heavy (non-hydrogen) atoms. The summed E-state index contributed by atoms with van der Waals surface area (Å²) in [6, 6.07) is 5.87. The second-order valence-corrected chi connectivity index (χ2v) is 7.90. The average molecular weight is 370 g/mol. The lowest BCUT2D eigenvalue weighted by Crippen LogP contribution is -2.51. The third kappa shape index (κ3) is 4.50. The van der Waals surface area contributed by atoms with Gasteiger partial charge in [0.1, 0.15) is 0 Å². The number of aryl methyl sites for hydroxylation is 2. The smallest absolute Gasteiger partial charge is 0.253 e. The summed E-state index contributed by atoms with van der Waals surface area (Å²) in [6.07, 6.45) is 0. The number of nitrogens with zero attached hydrogens (tertiary/aromatic N) is 2. The van der Waals surface area contributed by atoms with Gasteiger partial charge in [-0.1, -0.05) is 13.8 Å². The number of hydrogen-bond donors (Lipinski definition) is 2. The number of aromatic amines is 1. The number of rotatable bonds is 5. The third-order valence-electron chi connectivity index (χ3n) is 5.29. The number of carbonyl (C=O) groups is 2. The molecule has 2 amide bonds. The van der Waals surface area contributed by atoms with Gasteiger partial charge in [-0.25, -0.2) is 0 Å². The van der Waals surface area contributed by atoms with Gasteiger partial charge in [-0.3, -0.25) is 14.5 Å². The fourth-order valence-corrected chi connectivity index (χ4v) is 3.46. The first-order valence-corrected chi connectivity index (χ1v) is 9.72. The van der Waals surface area contributed by atoms with Crippen LogP contribution in [-0.2, 0) is 4.79 Å². The minimum absolute atomic E-state index is 0.0623. The van der Waals surface area contributed by atoms with E-state index in [0.29, 0.717) is 32.1 Å². The lowest BCUT2D eigenvalue weighted by Gasteiger charge is -2.34. The topological polar surface area (TPSA) is 68.4 Å². The number of piperazine rings is 1. The van der Waals surface area contributed by atoms with Crippen molar-refractivity contribution in [2.24, 2.45) is 5.92 Å². The highest BCUT2D eigenvalue weighted by Crippen LogP contribution is 2.23. The molecular formula is C21H30N4O2. The molecular weight excluding hydrogens is 340 g/mol. The largest absolute Gasteiger partial charge is 0.358 e. The molecule has 2 heterocycles. The zero-order chi connectivity index (χ0) is 19.6. The molecule has 6 nitrogen and oxygen atoms in total. The van der Waals surface area contributed by atoms with E-state index in [9.17, 15) is 9.59 Å².